The number of benzene rings is 1. The Labute approximate surface area is 125 Å². The molecule has 104 valence electrons. The average Bonchev–Trinajstić information content (AvgIpc) is 2.32. The van der Waals surface area contributed by atoms with Crippen LogP contribution in [0.4, 0.5) is 11.4 Å². The van der Waals surface area contributed by atoms with Gasteiger partial charge in [-0.15, -0.1) is 0 Å². The van der Waals surface area contributed by atoms with Crippen LogP contribution in [-0.2, 0) is 9.59 Å². The molecule has 5 nitrogen and oxygen atoms in total. The zero-order valence-electron chi connectivity index (χ0n) is 9.97. The number of nitrogens with one attached hydrogen (secondary N) is 2. The summed E-state index contributed by atoms with van der Waals surface area (Å²) in [5.41, 5.74) is 6.95. The van der Waals surface area contributed by atoms with Crippen molar-refractivity contribution in [2.45, 2.75) is 10.7 Å². The predicted octanol–water partition coefficient (Wildman–Crippen LogP) is 2.20. The van der Waals surface area contributed by atoms with Crippen molar-refractivity contribution in [1.29, 1.82) is 0 Å². The van der Waals surface area contributed by atoms with Crippen molar-refractivity contribution in [3.63, 3.8) is 0 Å². The number of alkyl halides is 3. The highest BCUT2D eigenvalue weighted by Crippen LogP contribution is 2.28. The zero-order chi connectivity index (χ0) is 14.6. The maximum atomic E-state index is 11.5. The number of anilines is 2. The van der Waals surface area contributed by atoms with Crippen molar-refractivity contribution < 1.29 is 9.59 Å². The van der Waals surface area contributed by atoms with Gasteiger partial charge >= 0.3 is 0 Å². The number of aryl methyl sites for hydroxylation is 1. The van der Waals surface area contributed by atoms with Gasteiger partial charge in [-0.2, -0.15) is 0 Å². The van der Waals surface area contributed by atoms with Gasteiger partial charge in [-0.05, 0) is 24.6 Å². The van der Waals surface area contributed by atoms with Crippen molar-refractivity contribution in [2.75, 3.05) is 17.2 Å². The number of hydrogen-bond donors (Lipinski definition) is 3. The van der Waals surface area contributed by atoms with E-state index in [4.69, 9.17) is 40.5 Å². The number of carbonyl (C=O) groups excluding carboxylic acids is 2. The molecule has 1 rings (SSSR count). The van der Waals surface area contributed by atoms with Gasteiger partial charge in [0.2, 0.25) is 5.91 Å². The van der Waals surface area contributed by atoms with E-state index in [1.54, 1.807) is 25.1 Å². The van der Waals surface area contributed by atoms with Gasteiger partial charge < -0.3 is 16.4 Å². The first-order valence-corrected chi connectivity index (χ1v) is 6.36. The van der Waals surface area contributed by atoms with Crippen LogP contribution in [0.15, 0.2) is 18.2 Å². The van der Waals surface area contributed by atoms with E-state index < -0.39 is 9.70 Å². The summed E-state index contributed by atoms with van der Waals surface area (Å²) >= 11 is 16.3. The van der Waals surface area contributed by atoms with Gasteiger partial charge in [-0.3, -0.25) is 9.59 Å². The van der Waals surface area contributed by atoms with Crippen molar-refractivity contribution in [2.24, 2.45) is 5.73 Å². The van der Waals surface area contributed by atoms with E-state index in [2.05, 4.69) is 10.6 Å². The first-order valence-electron chi connectivity index (χ1n) is 5.23. The summed E-state index contributed by atoms with van der Waals surface area (Å²) in [4.78, 5) is 22.7. The highest BCUT2D eigenvalue weighted by Gasteiger charge is 2.30. The summed E-state index contributed by atoms with van der Waals surface area (Å²) in [7, 11) is 0. The molecule has 0 aliphatic rings. The predicted molar refractivity (Wildman–Crippen MR) is 77.8 cm³/mol. The summed E-state index contributed by atoms with van der Waals surface area (Å²) in [5, 5.41) is 5.02. The third-order valence-corrected chi connectivity index (χ3v) is 2.73. The van der Waals surface area contributed by atoms with Crippen LogP contribution in [0.5, 0.6) is 0 Å². The van der Waals surface area contributed by atoms with Crippen molar-refractivity contribution >= 4 is 58.0 Å². The Morgan fingerprint density at radius 1 is 1.26 bits per heavy atom. The Morgan fingerprint density at radius 3 is 2.42 bits per heavy atom. The first kappa shape index (κ1) is 16.0. The number of hydrogen-bond acceptors (Lipinski definition) is 3. The normalized spacial score (nSPS) is 11.0. The van der Waals surface area contributed by atoms with E-state index in [-0.39, 0.29) is 12.5 Å². The SMILES string of the molecule is Cc1ccc(NC(=O)C(Cl)(Cl)Cl)cc1NC(=O)CN. The lowest BCUT2D eigenvalue weighted by Crippen LogP contribution is -2.27. The molecule has 0 atom stereocenters. The zero-order valence-corrected chi connectivity index (χ0v) is 12.2. The van der Waals surface area contributed by atoms with Crippen LogP contribution in [0.25, 0.3) is 0 Å². The molecule has 4 N–H and O–H groups in total. The fourth-order valence-electron chi connectivity index (χ4n) is 1.24. The fraction of sp³-hybridized carbons (Fsp3) is 0.273. The molecular weight excluding hydrogens is 312 g/mol. The molecule has 0 heterocycles. The number of amides is 2. The summed E-state index contributed by atoms with van der Waals surface area (Å²) in [6.45, 7) is 1.66. The molecule has 0 aromatic heterocycles. The monoisotopic (exact) mass is 323 g/mol. The minimum absolute atomic E-state index is 0.135. The molecule has 0 bridgehead atoms. The van der Waals surface area contributed by atoms with E-state index in [1.807, 2.05) is 0 Å². The summed E-state index contributed by atoms with van der Waals surface area (Å²) in [6, 6.07) is 4.89. The molecule has 0 aliphatic carbocycles. The molecule has 8 heteroatoms. The van der Waals surface area contributed by atoms with Crippen molar-refractivity contribution in [3.05, 3.63) is 23.8 Å². The topological polar surface area (TPSA) is 84.2 Å². The molecule has 1 aromatic rings. The quantitative estimate of drug-likeness (QED) is 0.745. The Morgan fingerprint density at radius 2 is 1.89 bits per heavy atom. The summed E-state index contributed by atoms with van der Waals surface area (Å²) in [6.07, 6.45) is 0. The van der Waals surface area contributed by atoms with Gasteiger partial charge in [0.1, 0.15) is 0 Å². The van der Waals surface area contributed by atoms with Crippen LogP contribution in [0.3, 0.4) is 0 Å². The van der Waals surface area contributed by atoms with Gasteiger partial charge in [0.25, 0.3) is 9.70 Å². The van der Waals surface area contributed by atoms with Crippen molar-refractivity contribution in [1.82, 2.24) is 0 Å². The van der Waals surface area contributed by atoms with Crippen LogP contribution in [0.1, 0.15) is 5.56 Å². The lowest BCUT2D eigenvalue weighted by molar-refractivity contribution is -0.115. The number of carbonyl (C=O) groups is 2. The molecule has 1 aromatic carbocycles. The molecule has 0 saturated heterocycles. The molecule has 0 saturated carbocycles. The first-order chi connectivity index (χ1) is 8.74. The van der Waals surface area contributed by atoms with Crippen LogP contribution >= 0.6 is 34.8 Å². The summed E-state index contributed by atoms with van der Waals surface area (Å²) < 4.78 is -2.05. The van der Waals surface area contributed by atoms with Gasteiger partial charge in [-0.25, -0.2) is 0 Å². The Balaban J connectivity index is 2.90. The molecule has 0 spiro atoms. The van der Waals surface area contributed by atoms with Crippen LogP contribution in [-0.4, -0.2) is 22.2 Å². The molecule has 0 fully saturated rings. The Kier molecular flexibility index (Phi) is 5.43. The summed E-state index contributed by atoms with van der Waals surface area (Å²) in [5.74, 6) is -1.12. The Hall–Kier alpha value is -1.01. The minimum atomic E-state index is -2.05. The van der Waals surface area contributed by atoms with Gasteiger partial charge in [0.05, 0.1) is 6.54 Å². The lowest BCUT2D eigenvalue weighted by atomic mass is 10.1. The van der Waals surface area contributed by atoms with Gasteiger partial charge in [0.15, 0.2) is 0 Å². The van der Waals surface area contributed by atoms with Crippen LogP contribution in [0, 0.1) is 6.92 Å². The number of nitrogens with two attached hydrogens (primary N) is 1. The average molecular weight is 325 g/mol. The minimum Gasteiger partial charge on any atom is -0.325 e. The highest BCUT2D eigenvalue weighted by molar-refractivity contribution is 6.76. The fourth-order valence-corrected chi connectivity index (χ4v) is 1.38. The van der Waals surface area contributed by atoms with Gasteiger partial charge in [0, 0.05) is 11.4 Å². The van der Waals surface area contributed by atoms with E-state index in [1.165, 1.54) is 0 Å². The number of halogens is 3. The maximum Gasteiger partial charge on any atom is 0.276 e. The van der Waals surface area contributed by atoms with E-state index in [0.29, 0.717) is 11.4 Å². The smallest absolute Gasteiger partial charge is 0.276 e. The van der Waals surface area contributed by atoms with E-state index in [0.717, 1.165) is 5.56 Å². The molecule has 19 heavy (non-hydrogen) atoms. The third kappa shape index (κ3) is 4.87. The van der Waals surface area contributed by atoms with E-state index in [9.17, 15) is 9.59 Å². The van der Waals surface area contributed by atoms with Crippen LogP contribution < -0.4 is 16.4 Å². The molecule has 0 aliphatic heterocycles. The third-order valence-electron chi connectivity index (χ3n) is 2.21. The second-order valence-electron chi connectivity index (χ2n) is 3.73. The number of rotatable bonds is 3. The lowest BCUT2D eigenvalue weighted by Gasteiger charge is -2.14. The molecular formula is C11H12Cl3N3O2. The Bertz CT molecular complexity index is 500. The van der Waals surface area contributed by atoms with Gasteiger partial charge in [-0.1, -0.05) is 40.9 Å². The molecule has 0 radical (unpaired) electrons. The second-order valence-corrected chi connectivity index (χ2v) is 6.02. The van der Waals surface area contributed by atoms with Crippen molar-refractivity contribution in [3.8, 4) is 0 Å². The highest BCUT2D eigenvalue weighted by atomic mass is 35.6. The molecule has 0 unspecified atom stereocenters. The standard InChI is InChI=1S/C11H12Cl3N3O2/c1-6-2-3-7(16-10(19)11(12,13)14)4-8(6)17-9(18)5-15/h2-4H,5,15H2,1H3,(H,16,19)(H,17,18). The molecule has 2 amide bonds. The maximum absolute atomic E-state index is 11.5. The van der Waals surface area contributed by atoms with Crippen LogP contribution in [0.2, 0.25) is 0 Å². The largest absolute Gasteiger partial charge is 0.325 e. The second kappa shape index (κ2) is 6.43. The van der Waals surface area contributed by atoms with E-state index >= 15 is 0 Å².